The van der Waals surface area contributed by atoms with Crippen LogP contribution in [0.25, 0.3) is 0 Å². The number of para-hydroxylation sites is 1. The Morgan fingerprint density at radius 1 is 0.897 bits per heavy atom. The summed E-state index contributed by atoms with van der Waals surface area (Å²) in [5.74, 6) is -0.995. The molecule has 0 aliphatic rings. The quantitative estimate of drug-likeness (QED) is 0.281. The monoisotopic (exact) mass is 609 g/mol. The number of halogens is 3. The molecule has 3 aromatic carbocycles. The highest BCUT2D eigenvalue weighted by molar-refractivity contribution is 7.92. The highest BCUT2D eigenvalue weighted by Crippen LogP contribution is 2.31. The minimum absolute atomic E-state index is 0.00687. The summed E-state index contributed by atoms with van der Waals surface area (Å²) >= 11 is 18.8. The van der Waals surface area contributed by atoms with E-state index in [2.05, 4.69) is 5.32 Å². The predicted octanol–water partition coefficient (Wildman–Crippen LogP) is 6.17. The van der Waals surface area contributed by atoms with E-state index < -0.39 is 28.5 Å². The summed E-state index contributed by atoms with van der Waals surface area (Å²) in [6.07, 6.45) is 0.699. The number of rotatable bonds is 11. The van der Waals surface area contributed by atoms with Crippen LogP contribution in [0.3, 0.4) is 0 Å². The Morgan fingerprint density at radius 2 is 1.54 bits per heavy atom. The number of anilines is 1. The third kappa shape index (κ3) is 7.66. The third-order valence-corrected chi connectivity index (χ3v) is 8.94. The molecule has 0 heterocycles. The summed E-state index contributed by atoms with van der Waals surface area (Å²) in [7, 11) is -4.20. The number of carbonyl (C=O) groups excluding carboxylic acids is 2. The van der Waals surface area contributed by atoms with Gasteiger partial charge in [-0.3, -0.25) is 13.9 Å². The van der Waals surface area contributed by atoms with Gasteiger partial charge in [0, 0.05) is 22.6 Å². The van der Waals surface area contributed by atoms with Crippen LogP contribution in [0.2, 0.25) is 15.1 Å². The maximum Gasteiger partial charge on any atom is 0.264 e. The van der Waals surface area contributed by atoms with E-state index in [9.17, 15) is 18.0 Å². The Morgan fingerprint density at radius 3 is 2.15 bits per heavy atom. The molecule has 2 atom stereocenters. The molecule has 0 aliphatic heterocycles. The van der Waals surface area contributed by atoms with Crippen molar-refractivity contribution in [3.8, 4) is 0 Å². The Balaban J connectivity index is 2.05. The zero-order valence-electron chi connectivity index (χ0n) is 21.8. The van der Waals surface area contributed by atoms with Crippen molar-refractivity contribution in [3.63, 3.8) is 0 Å². The molecule has 0 radical (unpaired) electrons. The second kappa shape index (κ2) is 13.5. The van der Waals surface area contributed by atoms with Gasteiger partial charge in [-0.15, -0.1) is 0 Å². The fourth-order valence-electron chi connectivity index (χ4n) is 3.77. The largest absolute Gasteiger partial charge is 0.352 e. The van der Waals surface area contributed by atoms with Crippen LogP contribution >= 0.6 is 34.8 Å². The zero-order chi connectivity index (χ0) is 28.7. The van der Waals surface area contributed by atoms with Crippen molar-refractivity contribution in [3.05, 3.63) is 93.4 Å². The van der Waals surface area contributed by atoms with Gasteiger partial charge in [0.05, 0.1) is 15.6 Å². The molecule has 3 aromatic rings. The average molecular weight is 611 g/mol. The summed E-state index contributed by atoms with van der Waals surface area (Å²) in [6.45, 7) is 4.73. The number of sulfonamides is 1. The van der Waals surface area contributed by atoms with Crippen molar-refractivity contribution in [2.75, 3.05) is 10.8 Å². The molecule has 0 fully saturated rings. The van der Waals surface area contributed by atoms with Crippen LogP contribution in [-0.2, 0) is 26.2 Å². The first-order valence-corrected chi connectivity index (χ1v) is 14.9. The van der Waals surface area contributed by atoms with Gasteiger partial charge in [0.2, 0.25) is 11.8 Å². The molecule has 0 spiro atoms. The molecule has 0 aliphatic carbocycles. The number of nitrogens with zero attached hydrogens (tertiary/aromatic N) is 2. The molecule has 2 amide bonds. The zero-order valence-corrected chi connectivity index (χ0v) is 24.9. The van der Waals surface area contributed by atoms with Crippen LogP contribution in [0, 0.1) is 0 Å². The van der Waals surface area contributed by atoms with Crippen LogP contribution in [-0.4, -0.2) is 43.8 Å². The molecule has 0 unspecified atom stereocenters. The van der Waals surface area contributed by atoms with E-state index >= 15 is 0 Å². The first-order chi connectivity index (χ1) is 18.4. The third-order valence-electron chi connectivity index (χ3n) is 6.26. The normalized spacial score (nSPS) is 12.9. The molecule has 0 bridgehead atoms. The van der Waals surface area contributed by atoms with Crippen molar-refractivity contribution >= 4 is 62.3 Å². The smallest absolute Gasteiger partial charge is 0.264 e. The van der Waals surface area contributed by atoms with Gasteiger partial charge in [-0.2, -0.15) is 0 Å². The van der Waals surface area contributed by atoms with Gasteiger partial charge in [-0.25, -0.2) is 8.42 Å². The van der Waals surface area contributed by atoms with Gasteiger partial charge in [-0.05, 0) is 62.2 Å². The lowest BCUT2D eigenvalue weighted by atomic mass is 10.1. The summed E-state index contributed by atoms with van der Waals surface area (Å²) in [4.78, 5) is 28.3. The number of nitrogens with one attached hydrogen (secondary N) is 1. The van der Waals surface area contributed by atoms with Gasteiger partial charge in [0.15, 0.2) is 0 Å². The fraction of sp³-hybridized carbons (Fsp3) is 0.286. The Kier molecular flexibility index (Phi) is 10.7. The maximum atomic E-state index is 13.9. The molecule has 11 heteroatoms. The molecule has 1 N–H and O–H groups in total. The van der Waals surface area contributed by atoms with Crippen LogP contribution in [0.5, 0.6) is 0 Å². The molecule has 7 nitrogen and oxygen atoms in total. The summed E-state index contributed by atoms with van der Waals surface area (Å²) in [6, 6.07) is 17.9. The summed E-state index contributed by atoms with van der Waals surface area (Å²) in [5, 5.41) is 3.77. The first kappa shape index (κ1) is 30.8. The highest BCUT2D eigenvalue weighted by atomic mass is 35.5. The van der Waals surface area contributed by atoms with E-state index in [1.165, 1.54) is 23.1 Å². The number of hydrogen-bond donors (Lipinski definition) is 1. The van der Waals surface area contributed by atoms with E-state index in [1.54, 1.807) is 61.5 Å². The Hall–Kier alpha value is -2.78. The van der Waals surface area contributed by atoms with E-state index in [0.29, 0.717) is 22.0 Å². The minimum Gasteiger partial charge on any atom is -0.352 e. The SMILES string of the molecule is CC[C@H](C)NC(=O)[C@@H](C)N(Cc1ccc(Cl)cc1Cl)C(=O)CN(c1ccccc1Cl)S(=O)(=O)c1ccccc1. The van der Waals surface area contributed by atoms with Gasteiger partial charge in [-0.1, -0.05) is 78.1 Å². The molecule has 39 heavy (non-hydrogen) atoms. The van der Waals surface area contributed by atoms with E-state index in [-0.39, 0.29) is 34.1 Å². The van der Waals surface area contributed by atoms with Crippen molar-refractivity contribution in [1.29, 1.82) is 0 Å². The van der Waals surface area contributed by atoms with Crippen LogP contribution < -0.4 is 9.62 Å². The second-order valence-electron chi connectivity index (χ2n) is 9.03. The molecular formula is C28H30Cl3N3O4S. The van der Waals surface area contributed by atoms with E-state index in [0.717, 1.165) is 4.31 Å². The predicted molar refractivity (Wildman–Crippen MR) is 157 cm³/mol. The molecule has 0 aromatic heterocycles. The number of benzene rings is 3. The lowest BCUT2D eigenvalue weighted by molar-refractivity contribution is -0.139. The van der Waals surface area contributed by atoms with E-state index in [4.69, 9.17) is 34.8 Å². The molecule has 0 saturated heterocycles. The van der Waals surface area contributed by atoms with Crippen LogP contribution in [0.1, 0.15) is 32.8 Å². The molecule has 208 valence electrons. The number of amides is 2. The lowest BCUT2D eigenvalue weighted by Gasteiger charge is -2.32. The van der Waals surface area contributed by atoms with Gasteiger partial charge in [0.1, 0.15) is 12.6 Å². The van der Waals surface area contributed by atoms with Gasteiger partial charge < -0.3 is 10.2 Å². The fourth-order valence-corrected chi connectivity index (χ4v) is 5.98. The van der Waals surface area contributed by atoms with Crippen LogP contribution in [0.4, 0.5) is 5.69 Å². The number of carbonyl (C=O) groups is 2. The van der Waals surface area contributed by atoms with Gasteiger partial charge in [0.25, 0.3) is 10.0 Å². The van der Waals surface area contributed by atoms with Crippen molar-refractivity contribution < 1.29 is 18.0 Å². The van der Waals surface area contributed by atoms with Gasteiger partial charge >= 0.3 is 0 Å². The Labute approximate surface area is 244 Å². The highest BCUT2D eigenvalue weighted by Gasteiger charge is 2.33. The lowest BCUT2D eigenvalue weighted by Crippen LogP contribution is -2.52. The molecule has 3 rings (SSSR count). The second-order valence-corrected chi connectivity index (χ2v) is 12.1. The Bertz CT molecular complexity index is 1420. The van der Waals surface area contributed by atoms with E-state index in [1.807, 2.05) is 13.8 Å². The van der Waals surface area contributed by atoms with Crippen molar-refractivity contribution in [2.45, 2.75) is 50.7 Å². The summed E-state index contributed by atoms with van der Waals surface area (Å²) in [5.41, 5.74) is 0.686. The van der Waals surface area contributed by atoms with Crippen molar-refractivity contribution in [1.82, 2.24) is 10.2 Å². The minimum atomic E-state index is -4.20. The first-order valence-electron chi connectivity index (χ1n) is 12.3. The standard InChI is InChI=1S/C28H30Cl3N3O4S/c1-4-19(2)32-28(36)20(3)33(17-21-14-15-22(29)16-25(21)31)27(35)18-34(26-13-9-8-12-24(26)30)39(37,38)23-10-6-5-7-11-23/h5-16,19-20H,4,17-18H2,1-3H3,(H,32,36)/t19-,20+/m0/s1. The average Bonchev–Trinajstić information content (AvgIpc) is 2.91. The molecular weight excluding hydrogens is 581 g/mol. The van der Waals surface area contributed by atoms with Crippen molar-refractivity contribution in [2.24, 2.45) is 0 Å². The molecule has 0 saturated carbocycles. The topological polar surface area (TPSA) is 86.8 Å². The summed E-state index contributed by atoms with van der Waals surface area (Å²) < 4.78 is 28.5. The maximum absolute atomic E-state index is 13.9. The number of hydrogen-bond acceptors (Lipinski definition) is 4. The van der Waals surface area contributed by atoms with Crippen LogP contribution in [0.15, 0.2) is 77.7 Å².